The molecule has 1 aromatic carbocycles. The average Bonchev–Trinajstić information content (AvgIpc) is 2.23. The molecular formula is C10H12BrClN2. The number of halogens is 2. The standard InChI is InChI=1S/C10H12BrClN2/c11-8-5-7(1-2-9(8)12)10-6-13-3-4-14-10/h1-2,5,10,13-14H,3-4,6H2/t10-/m0/s1. The second-order valence-electron chi connectivity index (χ2n) is 3.38. The van der Waals surface area contributed by atoms with Crippen molar-refractivity contribution >= 4 is 27.5 Å². The number of benzene rings is 1. The van der Waals surface area contributed by atoms with E-state index in [0.29, 0.717) is 6.04 Å². The maximum Gasteiger partial charge on any atom is 0.0548 e. The molecule has 76 valence electrons. The van der Waals surface area contributed by atoms with E-state index in [2.05, 4.69) is 38.7 Å². The lowest BCUT2D eigenvalue weighted by molar-refractivity contribution is 0.430. The van der Waals surface area contributed by atoms with Crippen molar-refractivity contribution in [3.05, 3.63) is 33.3 Å². The first kappa shape index (κ1) is 10.4. The molecular weight excluding hydrogens is 263 g/mol. The fraction of sp³-hybridized carbons (Fsp3) is 0.400. The molecule has 0 aliphatic carbocycles. The van der Waals surface area contributed by atoms with Crippen molar-refractivity contribution in [2.24, 2.45) is 0 Å². The summed E-state index contributed by atoms with van der Waals surface area (Å²) < 4.78 is 0.962. The Morgan fingerprint density at radius 3 is 2.86 bits per heavy atom. The Balaban J connectivity index is 2.18. The number of nitrogens with one attached hydrogen (secondary N) is 2. The number of hydrogen-bond acceptors (Lipinski definition) is 2. The van der Waals surface area contributed by atoms with E-state index in [1.54, 1.807) is 0 Å². The van der Waals surface area contributed by atoms with E-state index in [9.17, 15) is 0 Å². The van der Waals surface area contributed by atoms with E-state index in [1.165, 1.54) is 5.56 Å². The van der Waals surface area contributed by atoms with E-state index < -0.39 is 0 Å². The summed E-state index contributed by atoms with van der Waals surface area (Å²) in [6.45, 7) is 3.05. The molecule has 0 bridgehead atoms. The highest BCUT2D eigenvalue weighted by Crippen LogP contribution is 2.26. The minimum atomic E-state index is 0.400. The Kier molecular flexibility index (Phi) is 3.44. The van der Waals surface area contributed by atoms with Gasteiger partial charge in [-0.05, 0) is 33.6 Å². The highest BCUT2D eigenvalue weighted by Gasteiger charge is 2.14. The topological polar surface area (TPSA) is 24.1 Å². The van der Waals surface area contributed by atoms with Gasteiger partial charge in [-0.15, -0.1) is 0 Å². The second kappa shape index (κ2) is 4.62. The third-order valence-electron chi connectivity index (χ3n) is 2.39. The third kappa shape index (κ3) is 2.28. The van der Waals surface area contributed by atoms with Crippen molar-refractivity contribution in [1.29, 1.82) is 0 Å². The van der Waals surface area contributed by atoms with Gasteiger partial charge in [0.2, 0.25) is 0 Å². The smallest absolute Gasteiger partial charge is 0.0548 e. The van der Waals surface area contributed by atoms with Crippen LogP contribution in [0.1, 0.15) is 11.6 Å². The molecule has 2 N–H and O–H groups in total. The van der Waals surface area contributed by atoms with E-state index in [-0.39, 0.29) is 0 Å². The zero-order valence-corrected chi connectivity index (χ0v) is 10.0. The summed E-state index contributed by atoms with van der Waals surface area (Å²) in [5.74, 6) is 0. The van der Waals surface area contributed by atoms with Gasteiger partial charge in [0, 0.05) is 30.1 Å². The monoisotopic (exact) mass is 274 g/mol. The second-order valence-corrected chi connectivity index (χ2v) is 4.65. The van der Waals surface area contributed by atoms with Gasteiger partial charge in [0.1, 0.15) is 0 Å². The molecule has 4 heteroatoms. The van der Waals surface area contributed by atoms with Crippen molar-refractivity contribution < 1.29 is 0 Å². The summed E-state index contributed by atoms with van der Waals surface area (Å²) in [6, 6.07) is 6.47. The highest BCUT2D eigenvalue weighted by molar-refractivity contribution is 9.10. The number of hydrogen-bond donors (Lipinski definition) is 2. The van der Waals surface area contributed by atoms with E-state index in [4.69, 9.17) is 11.6 Å². The van der Waals surface area contributed by atoms with Gasteiger partial charge in [0.05, 0.1) is 5.02 Å². The molecule has 0 unspecified atom stereocenters. The lowest BCUT2D eigenvalue weighted by Gasteiger charge is -2.25. The first-order valence-electron chi connectivity index (χ1n) is 4.66. The Hall–Kier alpha value is -0.0900. The van der Waals surface area contributed by atoms with Crippen LogP contribution in [0.3, 0.4) is 0 Å². The lowest BCUT2D eigenvalue weighted by atomic mass is 10.1. The number of piperazine rings is 1. The van der Waals surface area contributed by atoms with Crippen LogP contribution in [0.25, 0.3) is 0 Å². The SMILES string of the molecule is Clc1ccc([C@@H]2CNCCN2)cc1Br. The van der Waals surface area contributed by atoms with Crippen LogP contribution in [0.15, 0.2) is 22.7 Å². The van der Waals surface area contributed by atoms with Crippen LogP contribution >= 0.6 is 27.5 Å². The van der Waals surface area contributed by atoms with Crippen molar-refractivity contribution in [2.75, 3.05) is 19.6 Å². The molecule has 1 aliphatic rings. The molecule has 1 saturated heterocycles. The van der Waals surface area contributed by atoms with Crippen LogP contribution in [0.5, 0.6) is 0 Å². The predicted molar refractivity (Wildman–Crippen MR) is 62.8 cm³/mol. The molecule has 0 saturated carbocycles. The van der Waals surface area contributed by atoms with Gasteiger partial charge >= 0.3 is 0 Å². The molecule has 1 fully saturated rings. The molecule has 0 amide bonds. The molecule has 14 heavy (non-hydrogen) atoms. The van der Waals surface area contributed by atoms with Gasteiger partial charge in [0.25, 0.3) is 0 Å². The first-order chi connectivity index (χ1) is 6.77. The van der Waals surface area contributed by atoms with Crippen molar-refractivity contribution in [1.82, 2.24) is 10.6 Å². The normalized spacial score (nSPS) is 22.3. The fourth-order valence-corrected chi connectivity index (χ4v) is 2.13. The summed E-state index contributed by atoms with van der Waals surface area (Å²) in [5.41, 5.74) is 1.27. The summed E-state index contributed by atoms with van der Waals surface area (Å²) in [6.07, 6.45) is 0. The molecule has 2 nitrogen and oxygen atoms in total. The van der Waals surface area contributed by atoms with Gasteiger partial charge in [-0.25, -0.2) is 0 Å². The average molecular weight is 276 g/mol. The Labute approximate surface area is 97.2 Å². The van der Waals surface area contributed by atoms with Gasteiger partial charge in [-0.3, -0.25) is 0 Å². The van der Waals surface area contributed by atoms with Crippen LogP contribution in [0.2, 0.25) is 5.02 Å². The number of rotatable bonds is 1. The van der Waals surface area contributed by atoms with E-state index in [0.717, 1.165) is 29.1 Å². The van der Waals surface area contributed by atoms with E-state index in [1.807, 2.05) is 6.07 Å². The zero-order chi connectivity index (χ0) is 9.97. The maximum atomic E-state index is 5.94. The van der Waals surface area contributed by atoms with Gasteiger partial charge in [-0.1, -0.05) is 17.7 Å². The minimum absolute atomic E-state index is 0.400. The minimum Gasteiger partial charge on any atom is -0.314 e. The fourth-order valence-electron chi connectivity index (χ4n) is 1.62. The third-order valence-corrected chi connectivity index (χ3v) is 3.60. The first-order valence-corrected chi connectivity index (χ1v) is 5.83. The molecule has 1 aliphatic heterocycles. The summed E-state index contributed by atoms with van der Waals surface area (Å²) in [4.78, 5) is 0. The van der Waals surface area contributed by atoms with Crippen molar-refractivity contribution in [2.45, 2.75) is 6.04 Å². The molecule has 1 heterocycles. The summed E-state index contributed by atoms with van der Waals surface area (Å²) >= 11 is 9.37. The van der Waals surface area contributed by atoms with Crippen LogP contribution in [-0.4, -0.2) is 19.6 Å². The summed E-state index contributed by atoms with van der Waals surface area (Å²) in [7, 11) is 0. The predicted octanol–water partition coefficient (Wildman–Crippen LogP) is 2.34. The zero-order valence-electron chi connectivity index (χ0n) is 7.69. The van der Waals surface area contributed by atoms with Crippen molar-refractivity contribution in [3.8, 4) is 0 Å². The Morgan fingerprint density at radius 2 is 2.21 bits per heavy atom. The van der Waals surface area contributed by atoms with Crippen LogP contribution in [0, 0.1) is 0 Å². The largest absolute Gasteiger partial charge is 0.314 e. The van der Waals surface area contributed by atoms with Crippen LogP contribution in [-0.2, 0) is 0 Å². The van der Waals surface area contributed by atoms with Gasteiger partial charge in [-0.2, -0.15) is 0 Å². The molecule has 0 aromatic heterocycles. The quantitative estimate of drug-likeness (QED) is 0.822. The molecule has 1 atom stereocenters. The molecule has 1 aromatic rings. The van der Waals surface area contributed by atoms with Crippen molar-refractivity contribution in [3.63, 3.8) is 0 Å². The Morgan fingerprint density at radius 1 is 1.36 bits per heavy atom. The van der Waals surface area contributed by atoms with Gasteiger partial charge in [0.15, 0.2) is 0 Å². The van der Waals surface area contributed by atoms with Gasteiger partial charge < -0.3 is 10.6 Å². The van der Waals surface area contributed by atoms with Crippen LogP contribution in [0.4, 0.5) is 0 Å². The maximum absolute atomic E-state index is 5.94. The Bertz CT molecular complexity index is 324. The summed E-state index contributed by atoms with van der Waals surface area (Å²) in [5, 5.41) is 7.57. The molecule has 0 spiro atoms. The van der Waals surface area contributed by atoms with Crippen LogP contribution < -0.4 is 10.6 Å². The lowest BCUT2D eigenvalue weighted by Crippen LogP contribution is -2.42. The molecule has 0 radical (unpaired) electrons. The molecule has 2 rings (SSSR count). The van der Waals surface area contributed by atoms with E-state index >= 15 is 0 Å². The highest BCUT2D eigenvalue weighted by atomic mass is 79.9.